The third-order valence-electron chi connectivity index (χ3n) is 3.19. The Bertz CT molecular complexity index is 578. The van der Waals surface area contributed by atoms with Gasteiger partial charge >= 0.3 is 6.09 Å². The predicted molar refractivity (Wildman–Crippen MR) is 87.4 cm³/mol. The number of unbranched alkanes of at least 4 members (excludes halogenated alkanes) is 1. The number of nitrogens with one attached hydrogen (secondary N) is 2. The van der Waals surface area contributed by atoms with Crippen LogP contribution in [-0.4, -0.2) is 34.1 Å². The second-order valence-electron chi connectivity index (χ2n) is 4.98. The van der Waals surface area contributed by atoms with E-state index in [9.17, 15) is 9.59 Å². The van der Waals surface area contributed by atoms with E-state index in [0.29, 0.717) is 34.5 Å². The van der Waals surface area contributed by atoms with Gasteiger partial charge in [0, 0.05) is 0 Å². The van der Waals surface area contributed by atoms with Crippen molar-refractivity contribution in [2.45, 2.75) is 38.1 Å². The summed E-state index contributed by atoms with van der Waals surface area (Å²) >= 11 is 6.41. The minimum atomic E-state index is -0.905. The molecule has 0 bridgehead atoms. The number of nitrogens with zero attached hydrogens (tertiary/aromatic N) is 2. The van der Waals surface area contributed by atoms with Crippen LogP contribution in [-0.2, 0) is 9.53 Å². The Morgan fingerprint density at radius 1 is 1.41 bits per heavy atom. The minimum Gasteiger partial charge on any atom is -0.450 e. The number of hydrogen-bond donors (Lipinski definition) is 2. The number of amides is 2. The Hall–Kier alpha value is -1.22. The first kappa shape index (κ1) is 17.1. The van der Waals surface area contributed by atoms with Gasteiger partial charge in [0.25, 0.3) is 5.91 Å². The normalized spacial score (nSPS) is 15.0. The Kier molecular flexibility index (Phi) is 5.74. The summed E-state index contributed by atoms with van der Waals surface area (Å²) in [5.74, 6) is -0.0158. The largest absolute Gasteiger partial charge is 0.450 e. The van der Waals surface area contributed by atoms with Crippen molar-refractivity contribution in [2.75, 3.05) is 11.9 Å². The van der Waals surface area contributed by atoms with E-state index in [4.69, 9.17) is 4.74 Å². The highest BCUT2D eigenvalue weighted by Gasteiger charge is 2.52. The van der Waals surface area contributed by atoms with Crippen LogP contribution in [0.2, 0.25) is 0 Å². The van der Waals surface area contributed by atoms with Gasteiger partial charge in [-0.05, 0) is 51.1 Å². The first-order valence-electron chi connectivity index (χ1n) is 6.91. The molecule has 1 aliphatic rings. The molecular formula is C13H16Br2N4O3. The fraction of sp³-hybridized carbons (Fsp3) is 0.538. The van der Waals surface area contributed by atoms with Crippen LogP contribution in [0.15, 0.2) is 15.4 Å². The summed E-state index contributed by atoms with van der Waals surface area (Å²) in [6.45, 7) is 2.36. The monoisotopic (exact) mass is 434 g/mol. The van der Waals surface area contributed by atoms with Gasteiger partial charge in [-0.3, -0.25) is 4.79 Å². The van der Waals surface area contributed by atoms with E-state index in [1.165, 1.54) is 6.20 Å². The molecular weight excluding hydrogens is 420 g/mol. The third kappa shape index (κ3) is 4.39. The summed E-state index contributed by atoms with van der Waals surface area (Å²) in [4.78, 5) is 32.2. The van der Waals surface area contributed by atoms with Crippen LogP contribution in [0.3, 0.4) is 0 Å². The van der Waals surface area contributed by atoms with Crippen LogP contribution in [0.1, 0.15) is 32.6 Å². The van der Waals surface area contributed by atoms with Gasteiger partial charge in [0.2, 0.25) is 0 Å². The highest BCUT2D eigenvalue weighted by molar-refractivity contribution is 9.11. The van der Waals surface area contributed by atoms with Crippen molar-refractivity contribution in [2.24, 2.45) is 0 Å². The first-order chi connectivity index (χ1) is 10.5. The molecule has 2 amide bonds. The van der Waals surface area contributed by atoms with Crippen molar-refractivity contribution >= 4 is 49.7 Å². The smallest absolute Gasteiger partial charge is 0.407 e. The molecule has 0 saturated heterocycles. The van der Waals surface area contributed by atoms with Crippen LogP contribution >= 0.6 is 31.9 Å². The Morgan fingerprint density at radius 2 is 2.14 bits per heavy atom. The Morgan fingerprint density at radius 3 is 2.73 bits per heavy atom. The Balaban J connectivity index is 1.92. The van der Waals surface area contributed by atoms with Gasteiger partial charge in [0.05, 0.1) is 12.8 Å². The van der Waals surface area contributed by atoms with Crippen LogP contribution in [0.5, 0.6) is 0 Å². The van der Waals surface area contributed by atoms with Crippen LogP contribution in [0, 0.1) is 0 Å². The highest BCUT2D eigenvalue weighted by atomic mass is 79.9. The molecule has 0 aliphatic heterocycles. The highest BCUT2D eigenvalue weighted by Crippen LogP contribution is 2.37. The topological polar surface area (TPSA) is 93.2 Å². The number of alkyl carbamates (subject to hydrolysis) is 1. The molecule has 1 aliphatic carbocycles. The van der Waals surface area contributed by atoms with E-state index in [1.807, 2.05) is 6.92 Å². The molecule has 1 aromatic rings. The van der Waals surface area contributed by atoms with Gasteiger partial charge < -0.3 is 15.4 Å². The lowest BCUT2D eigenvalue weighted by Gasteiger charge is -2.17. The second-order valence-corrected chi connectivity index (χ2v) is 6.55. The number of rotatable bonds is 6. The zero-order chi connectivity index (χ0) is 16.2. The zero-order valence-corrected chi connectivity index (χ0v) is 15.2. The molecule has 0 unspecified atom stereocenters. The Labute approximate surface area is 144 Å². The number of anilines is 1. The summed E-state index contributed by atoms with van der Waals surface area (Å²) in [5.41, 5.74) is -0.905. The van der Waals surface area contributed by atoms with Gasteiger partial charge in [0.1, 0.15) is 14.7 Å². The van der Waals surface area contributed by atoms with E-state index in [0.717, 1.165) is 12.8 Å². The van der Waals surface area contributed by atoms with E-state index in [-0.39, 0.29) is 5.91 Å². The number of hydrogen-bond acceptors (Lipinski definition) is 5. The van der Waals surface area contributed by atoms with E-state index >= 15 is 0 Å². The number of carbonyl (C=O) groups is 2. The maximum Gasteiger partial charge on any atom is 0.407 e. The summed E-state index contributed by atoms with van der Waals surface area (Å²) in [7, 11) is 0. The third-order valence-corrected chi connectivity index (χ3v) is 4.12. The zero-order valence-electron chi connectivity index (χ0n) is 12.0. The summed E-state index contributed by atoms with van der Waals surface area (Å²) in [6, 6.07) is 0. The van der Waals surface area contributed by atoms with Crippen molar-refractivity contribution in [3.05, 3.63) is 15.4 Å². The molecule has 9 heteroatoms. The van der Waals surface area contributed by atoms with Crippen molar-refractivity contribution < 1.29 is 14.3 Å². The summed E-state index contributed by atoms with van der Waals surface area (Å²) in [5, 5.41) is 5.29. The molecule has 1 saturated carbocycles. The van der Waals surface area contributed by atoms with Gasteiger partial charge in [-0.2, -0.15) is 0 Å². The van der Waals surface area contributed by atoms with Crippen LogP contribution < -0.4 is 10.6 Å². The molecule has 0 aromatic carbocycles. The lowest BCUT2D eigenvalue weighted by atomic mass is 10.2. The fourth-order valence-corrected chi connectivity index (χ4v) is 2.64. The molecule has 0 radical (unpaired) electrons. The number of aromatic nitrogens is 2. The van der Waals surface area contributed by atoms with Crippen molar-refractivity contribution in [3.8, 4) is 0 Å². The van der Waals surface area contributed by atoms with E-state index < -0.39 is 11.6 Å². The van der Waals surface area contributed by atoms with E-state index in [2.05, 4.69) is 52.5 Å². The molecule has 0 spiro atoms. The standard InChI is InChI=1S/C13H16Br2N4O3/c1-2-3-6-22-12(21)19-13(4-5-13)11(20)18-10-9(15)17-8(14)7-16-10/h7H,2-6H2,1H3,(H,19,21)(H,16,18,20). The molecule has 2 rings (SSSR count). The van der Waals surface area contributed by atoms with Gasteiger partial charge in [-0.1, -0.05) is 13.3 Å². The SMILES string of the molecule is CCCCOC(=O)NC1(C(=O)Nc2ncc(Br)nc2Br)CC1. The fourth-order valence-electron chi connectivity index (χ4n) is 1.73. The molecule has 2 N–H and O–H groups in total. The molecule has 1 aromatic heterocycles. The molecule has 7 nitrogen and oxygen atoms in total. The van der Waals surface area contributed by atoms with Crippen molar-refractivity contribution in [1.82, 2.24) is 15.3 Å². The first-order valence-corrected chi connectivity index (χ1v) is 8.50. The van der Waals surface area contributed by atoms with Gasteiger partial charge in [-0.25, -0.2) is 14.8 Å². The van der Waals surface area contributed by atoms with Crippen molar-refractivity contribution in [3.63, 3.8) is 0 Å². The van der Waals surface area contributed by atoms with Crippen LogP contribution in [0.25, 0.3) is 0 Å². The molecule has 22 heavy (non-hydrogen) atoms. The van der Waals surface area contributed by atoms with Crippen molar-refractivity contribution in [1.29, 1.82) is 0 Å². The lowest BCUT2D eigenvalue weighted by molar-refractivity contribution is -0.119. The number of halogens is 2. The maximum absolute atomic E-state index is 12.3. The molecule has 0 atom stereocenters. The van der Waals surface area contributed by atoms with E-state index in [1.54, 1.807) is 0 Å². The predicted octanol–water partition coefficient (Wildman–Crippen LogP) is 3.00. The van der Waals surface area contributed by atoms with Gasteiger partial charge in [0.15, 0.2) is 5.82 Å². The number of carbonyl (C=O) groups excluding carboxylic acids is 2. The number of ether oxygens (including phenoxy) is 1. The van der Waals surface area contributed by atoms with Gasteiger partial charge in [-0.15, -0.1) is 0 Å². The lowest BCUT2D eigenvalue weighted by Crippen LogP contribution is -2.46. The second kappa shape index (κ2) is 7.36. The molecule has 120 valence electrons. The average molecular weight is 436 g/mol. The molecule has 1 fully saturated rings. The van der Waals surface area contributed by atoms with Crippen LogP contribution in [0.4, 0.5) is 10.6 Å². The quantitative estimate of drug-likeness (QED) is 0.670. The summed E-state index contributed by atoms with van der Waals surface area (Å²) < 4.78 is 5.99. The minimum absolute atomic E-state index is 0.306. The summed E-state index contributed by atoms with van der Waals surface area (Å²) in [6.07, 6.45) is 3.80. The average Bonchev–Trinajstić information content (AvgIpc) is 3.23. The molecule has 1 heterocycles. The maximum atomic E-state index is 12.3.